The van der Waals surface area contributed by atoms with Crippen molar-refractivity contribution in [2.75, 3.05) is 11.9 Å². The molecule has 1 aliphatic rings. The fourth-order valence-corrected chi connectivity index (χ4v) is 4.68. The van der Waals surface area contributed by atoms with Gasteiger partial charge in [0.2, 0.25) is 0 Å². The van der Waals surface area contributed by atoms with Crippen molar-refractivity contribution in [3.8, 4) is 0 Å². The number of thiocarbonyl (C=S) groups is 1. The van der Waals surface area contributed by atoms with E-state index in [2.05, 4.69) is 10.3 Å². The zero-order valence-electron chi connectivity index (χ0n) is 17.5. The molecule has 1 aliphatic heterocycles. The van der Waals surface area contributed by atoms with Gasteiger partial charge in [-0.15, -0.1) is 0 Å². The maximum Gasteiger partial charge on any atom is 0.267 e. The van der Waals surface area contributed by atoms with Crippen LogP contribution in [-0.4, -0.2) is 31.1 Å². The van der Waals surface area contributed by atoms with Gasteiger partial charge in [0.1, 0.15) is 15.8 Å². The average Bonchev–Trinajstić information content (AvgIpc) is 3.02. The average molecular weight is 451 g/mol. The van der Waals surface area contributed by atoms with Gasteiger partial charge in [-0.25, -0.2) is 4.98 Å². The standard InChI is InChI=1S/C23H22N4O2S2/c1-4-26-22(29)18(31-23(26)30)11-17-20(24-12-16-8-5-14(2)6-9-16)25-19-10-7-15(3)13-27(19)21(17)28/h5-11,13,24H,4,12H2,1-3H3/b18-11-. The number of benzene rings is 1. The van der Waals surface area contributed by atoms with Crippen molar-refractivity contribution in [1.29, 1.82) is 0 Å². The van der Waals surface area contributed by atoms with E-state index in [0.29, 0.717) is 39.3 Å². The second kappa shape index (κ2) is 8.64. The molecule has 3 heterocycles. The molecule has 0 aliphatic carbocycles. The van der Waals surface area contributed by atoms with E-state index in [1.807, 2.05) is 57.2 Å². The van der Waals surface area contributed by atoms with Gasteiger partial charge in [-0.2, -0.15) is 0 Å². The van der Waals surface area contributed by atoms with E-state index in [1.54, 1.807) is 12.3 Å². The van der Waals surface area contributed by atoms with E-state index >= 15 is 0 Å². The van der Waals surface area contributed by atoms with Crippen LogP contribution in [0, 0.1) is 13.8 Å². The Morgan fingerprint density at radius 3 is 2.48 bits per heavy atom. The maximum absolute atomic E-state index is 13.4. The monoisotopic (exact) mass is 450 g/mol. The van der Waals surface area contributed by atoms with Gasteiger partial charge in [0.05, 0.1) is 10.5 Å². The summed E-state index contributed by atoms with van der Waals surface area (Å²) in [4.78, 5) is 32.7. The van der Waals surface area contributed by atoms with Gasteiger partial charge >= 0.3 is 0 Å². The quantitative estimate of drug-likeness (QED) is 0.465. The third kappa shape index (κ3) is 4.26. The topological polar surface area (TPSA) is 66.7 Å². The number of nitrogens with zero attached hydrogens (tertiary/aromatic N) is 3. The summed E-state index contributed by atoms with van der Waals surface area (Å²) in [6.07, 6.45) is 3.36. The largest absolute Gasteiger partial charge is 0.365 e. The number of carbonyl (C=O) groups excluding carboxylic acids is 1. The summed E-state index contributed by atoms with van der Waals surface area (Å²) in [6, 6.07) is 11.9. The molecule has 1 N–H and O–H groups in total. The molecule has 158 valence electrons. The van der Waals surface area contributed by atoms with E-state index in [9.17, 15) is 9.59 Å². The first-order valence-electron chi connectivity index (χ1n) is 9.95. The molecule has 2 aromatic heterocycles. The molecule has 0 unspecified atom stereocenters. The highest BCUT2D eigenvalue weighted by atomic mass is 32.2. The molecule has 3 aromatic rings. The van der Waals surface area contributed by atoms with Crippen LogP contribution in [0.5, 0.6) is 0 Å². The zero-order valence-corrected chi connectivity index (χ0v) is 19.1. The molecule has 4 rings (SSSR count). The summed E-state index contributed by atoms with van der Waals surface area (Å²) < 4.78 is 2.01. The van der Waals surface area contributed by atoms with E-state index in [0.717, 1.165) is 11.1 Å². The number of fused-ring (bicyclic) bond motifs is 1. The third-order valence-corrected chi connectivity index (χ3v) is 6.43. The Hall–Kier alpha value is -2.97. The first-order valence-corrected chi connectivity index (χ1v) is 11.2. The Bertz CT molecular complexity index is 1280. The number of anilines is 1. The minimum atomic E-state index is -0.234. The summed E-state index contributed by atoms with van der Waals surface area (Å²) in [5, 5.41) is 3.29. The normalized spacial score (nSPS) is 15.3. The van der Waals surface area contributed by atoms with Crippen LogP contribution in [0.3, 0.4) is 0 Å². The van der Waals surface area contributed by atoms with Crippen LogP contribution < -0.4 is 10.9 Å². The highest BCUT2D eigenvalue weighted by Crippen LogP contribution is 2.32. The molecule has 0 radical (unpaired) electrons. The van der Waals surface area contributed by atoms with Crippen LogP contribution >= 0.6 is 24.0 Å². The second-order valence-electron chi connectivity index (χ2n) is 7.38. The van der Waals surface area contributed by atoms with Crippen LogP contribution in [0.2, 0.25) is 0 Å². The van der Waals surface area contributed by atoms with Gasteiger partial charge in [0.15, 0.2) is 0 Å². The van der Waals surface area contributed by atoms with Crippen LogP contribution in [-0.2, 0) is 11.3 Å². The summed E-state index contributed by atoms with van der Waals surface area (Å²) in [5.41, 5.74) is 3.84. The van der Waals surface area contributed by atoms with Crippen LogP contribution in [0.25, 0.3) is 11.7 Å². The fourth-order valence-electron chi connectivity index (χ4n) is 3.32. The van der Waals surface area contributed by atoms with Gasteiger partial charge in [0, 0.05) is 19.3 Å². The Balaban J connectivity index is 1.80. The molecule has 1 fully saturated rings. The lowest BCUT2D eigenvalue weighted by Gasteiger charge is -2.12. The number of pyridine rings is 1. The maximum atomic E-state index is 13.4. The molecule has 0 spiro atoms. The van der Waals surface area contributed by atoms with Crippen molar-refractivity contribution in [2.45, 2.75) is 27.3 Å². The number of amides is 1. The fraction of sp³-hybridized carbons (Fsp3) is 0.217. The molecular weight excluding hydrogens is 428 g/mol. The Kier molecular flexibility index (Phi) is 5.93. The molecule has 0 bridgehead atoms. The van der Waals surface area contributed by atoms with E-state index in [-0.39, 0.29) is 11.5 Å². The summed E-state index contributed by atoms with van der Waals surface area (Å²) in [5.74, 6) is 0.256. The zero-order chi connectivity index (χ0) is 22.1. The number of carbonyl (C=O) groups is 1. The summed E-state index contributed by atoms with van der Waals surface area (Å²) >= 11 is 6.52. The molecule has 1 aromatic carbocycles. The Morgan fingerprint density at radius 1 is 1.10 bits per heavy atom. The molecule has 6 nitrogen and oxygen atoms in total. The number of nitrogens with one attached hydrogen (secondary N) is 1. The van der Waals surface area contributed by atoms with Crippen LogP contribution in [0.1, 0.15) is 29.2 Å². The highest BCUT2D eigenvalue weighted by Gasteiger charge is 2.31. The van der Waals surface area contributed by atoms with Gasteiger partial charge in [-0.05, 0) is 44.0 Å². The number of aromatic nitrogens is 2. The summed E-state index contributed by atoms with van der Waals surface area (Å²) in [7, 11) is 0. The van der Waals surface area contributed by atoms with Crippen LogP contribution in [0.15, 0.2) is 52.3 Å². The molecule has 1 saturated heterocycles. The number of aryl methyl sites for hydroxylation is 2. The predicted octanol–water partition coefficient (Wildman–Crippen LogP) is 4.14. The predicted molar refractivity (Wildman–Crippen MR) is 130 cm³/mol. The third-order valence-electron chi connectivity index (χ3n) is 5.05. The minimum absolute atomic E-state index is 0.185. The molecule has 0 saturated carbocycles. The molecule has 0 atom stereocenters. The van der Waals surface area contributed by atoms with Crippen molar-refractivity contribution < 1.29 is 4.79 Å². The van der Waals surface area contributed by atoms with Crippen molar-refractivity contribution >= 4 is 51.7 Å². The highest BCUT2D eigenvalue weighted by molar-refractivity contribution is 8.26. The lowest BCUT2D eigenvalue weighted by Crippen LogP contribution is -2.27. The van der Waals surface area contributed by atoms with Crippen molar-refractivity contribution in [3.05, 3.63) is 80.1 Å². The lowest BCUT2D eigenvalue weighted by molar-refractivity contribution is -0.121. The van der Waals surface area contributed by atoms with E-state index in [4.69, 9.17) is 12.2 Å². The number of likely N-dealkylation sites (N-methyl/N-ethyl adjacent to an activating group) is 1. The first-order chi connectivity index (χ1) is 14.9. The van der Waals surface area contributed by atoms with Gasteiger partial charge < -0.3 is 5.32 Å². The molecule has 1 amide bonds. The first kappa shape index (κ1) is 21.3. The SMILES string of the molecule is CCN1C(=O)/C(=C/c2c(NCc3ccc(C)cc3)nc3ccc(C)cn3c2=O)SC1=S. The number of rotatable bonds is 5. The van der Waals surface area contributed by atoms with E-state index < -0.39 is 0 Å². The Labute approximate surface area is 190 Å². The van der Waals surface area contributed by atoms with Gasteiger partial charge in [-0.1, -0.05) is 59.9 Å². The number of hydrogen-bond acceptors (Lipinski definition) is 6. The van der Waals surface area contributed by atoms with Gasteiger partial charge in [-0.3, -0.25) is 18.9 Å². The van der Waals surface area contributed by atoms with Crippen molar-refractivity contribution in [1.82, 2.24) is 14.3 Å². The van der Waals surface area contributed by atoms with Crippen molar-refractivity contribution in [3.63, 3.8) is 0 Å². The summed E-state index contributed by atoms with van der Waals surface area (Å²) in [6.45, 7) is 6.83. The number of hydrogen-bond donors (Lipinski definition) is 1. The van der Waals surface area contributed by atoms with E-state index in [1.165, 1.54) is 26.6 Å². The molecular formula is C23H22N4O2S2. The Morgan fingerprint density at radius 2 is 1.81 bits per heavy atom. The second-order valence-corrected chi connectivity index (χ2v) is 9.05. The van der Waals surface area contributed by atoms with Crippen molar-refractivity contribution in [2.24, 2.45) is 0 Å². The van der Waals surface area contributed by atoms with Crippen LogP contribution in [0.4, 0.5) is 5.82 Å². The lowest BCUT2D eigenvalue weighted by atomic mass is 10.1. The minimum Gasteiger partial charge on any atom is -0.365 e. The smallest absolute Gasteiger partial charge is 0.267 e. The molecule has 8 heteroatoms. The van der Waals surface area contributed by atoms with Gasteiger partial charge in [0.25, 0.3) is 11.5 Å². The number of thioether (sulfide) groups is 1. The molecule has 31 heavy (non-hydrogen) atoms.